The molecule has 1 N–H and O–H groups in total. The normalized spacial score (nSPS) is 25.9. The maximum absolute atomic E-state index is 5.81. The minimum absolute atomic E-state index is 0.220. The van der Waals surface area contributed by atoms with E-state index in [4.69, 9.17) is 4.74 Å². The monoisotopic (exact) mass is 223 g/mol. The third kappa shape index (κ3) is 2.62. The average Bonchev–Trinajstić information content (AvgIpc) is 2.78. The number of ether oxygens (including phenoxy) is 1. The molecule has 4 heteroatoms. The zero-order valence-corrected chi connectivity index (χ0v) is 10.1. The predicted molar refractivity (Wildman–Crippen MR) is 63.3 cm³/mol. The summed E-state index contributed by atoms with van der Waals surface area (Å²) >= 11 is 0. The van der Waals surface area contributed by atoms with Gasteiger partial charge in [-0.2, -0.15) is 5.10 Å². The zero-order valence-electron chi connectivity index (χ0n) is 10.1. The SMILES string of the molecule is CCNC1CCOC(c2cnn(CC)c2)C1. The van der Waals surface area contributed by atoms with E-state index in [1.165, 1.54) is 5.56 Å². The lowest BCUT2D eigenvalue weighted by Gasteiger charge is -2.29. The van der Waals surface area contributed by atoms with E-state index in [-0.39, 0.29) is 6.10 Å². The Morgan fingerprint density at radius 1 is 1.56 bits per heavy atom. The van der Waals surface area contributed by atoms with Crippen LogP contribution in [0.25, 0.3) is 0 Å². The molecule has 1 saturated heterocycles. The number of hydrogen-bond donors (Lipinski definition) is 1. The molecule has 4 nitrogen and oxygen atoms in total. The van der Waals surface area contributed by atoms with Crippen LogP contribution in [-0.2, 0) is 11.3 Å². The molecule has 2 heterocycles. The fraction of sp³-hybridized carbons (Fsp3) is 0.750. The van der Waals surface area contributed by atoms with Gasteiger partial charge in [0.25, 0.3) is 0 Å². The van der Waals surface area contributed by atoms with Crippen LogP contribution >= 0.6 is 0 Å². The van der Waals surface area contributed by atoms with E-state index < -0.39 is 0 Å². The van der Waals surface area contributed by atoms with Gasteiger partial charge in [-0.15, -0.1) is 0 Å². The molecule has 90 valence electrons. The first-order chi connectivity index (χ1) is 7.83. The Morgan fingerprint density at radius 3 is 3.12 bits per heavy atom. The fourth-order valence-electron chi connectivity index (χ4n) is 2.22. The molecule has 0 bridgehead atoms. The van der Waals surface area contributed by atoms with Crippen molar-refractivity contribution in [1.82, 2.24) is 15.1 Å². The first kappa shape index (κ1) is 11.6. The van der Waals surface area contributed by atoms with Gasteiger partial charge in [0.1, 0.15) is 0 Å². The maximum Gasteiger partial charge on any atom is 0.0870 e. The maximum atomic E-state index is 5.81. The van der Waals surface area contributed by atoms with Gasteiger partial charge < -0.3 is 10.1 Å². The van der Waals surface area contributed by atoms with Crippen LogP contribution in [0.15, 0.2) is 12.4 Å². The fourth-order valence-corrected chi connectivity index (χ4v) is 2.22. The van der Waals surface area contributed by atoms with E-state index >= 15 is 0 Å². The smallest absolute Gasteiger partial charge is 0.0870 e. The van der Waals surface area contributed by atoms with Crippen LogP contribution in [0.1, 0.15) is 38.4 Å². The van der Waals surface area contributed by atoms with Crippen LogP contribution in [0.3, 0.4) is 0 Å². The molecule has 1 aliphatic rings. The summed E-state index contributed by atoms with van der Waals surface area (Å²) in [5.41, 5.74) is 1.21. The van der Waals surface area contributed by atoms with Gasteiger partial charge in [0, 0.05) is 31.0 Å². The highest BCUT2D eigenvalue weighted by molar-refractivity contribution is 5.09. The van der Waals surface area contributed by atoms with Crippen molar-refractivity contribution in [3.63, 3.8) is 0 Å². The highest BCUT2D eigenvalue weighted by Gasteiger charge is 2.24. The Kier molecular flexibility index (Phi) is 3.96. The highest BCUT2D eigenvalue weighted by atomic mass is 16.5. The summed E-state index contributed by atoms with van der Waals surface area (Å²) in [6, 6.07) is 0.591. The van der Waals surface area contributed by atoms with Crippen molar-refractivity contribution < 1.29 is 4.74 Å². The second-order valence-electron chi connectivity index (χ2n) is 4.27. The molecule has 16 heavy (non-hydrogen) atoms. The Balaban J connectivity index is 1.98. The van der Waals surface area contributed by atoms with Crippen molar-refractivity contribution in [3.05, 3.63) is 18.0 Å². The van der Waals surface area contributed by atoms with Crippen molar-refractivity contribution >= 4 is 0 Å². The van der Waals surface area contributed by atoms with Gasteiger partial charge >= 0.3 is 0 Å². The third-order valence-electron chi connectivity index (χ3n) is 3.13. The van der Waals surface area contributed by atoms with Gasteiger partial charge in [0.05, 0.1) is 12.3 Å². The molecule has 0 amide bonds. The van der Waals surface area contributed by atoms with Crippen LogP contribution < -0.4 is 5.32 Å². The van der Waals surface area contributed by atoms with E-state index in [1.54, 1.807) is 0 Å². The van der Waals surface area contributed by atoms with Crippen LogP contribution in [0, 0.1) is 0 Å². The molecule has 0 aromatic carbocycles. The Bertz CT molecular complexity index is 322. The van der Waals surface area contributed by atoms with Gasteiger partial charge in [-0.05, 0) is 26.3 Å². The summed E-state index contributed by atoms with van der Waals surface area (Å²) in [4.78, 5) is 0. The molecule has 0 radical (unpaired) electrons. The lowest BCUT2D eigenvalue weighted by Crippen LogP contribution is -2.35. The number of aryl methyl sites for hydroxylation is 1. The van der Waals surface area contributed by atoms with Crippen molar-refractivity contribution in [2.24, 2.45) is 0 Å². The molecule has 1 aliphatic heterocycles. The zero-order chi connectivity index (χ0) is 11.4. The molecule has 0 spiro atoms. The lowest BCUT2D eigenvalue weighted by atomic mass is 9.99. The van der Waals surface area contributed by atoms with Gasteiger partial charge in [0.15, 0.2) is 0 Å². The predicted octanol–water partition coefficient (Wildman–Crippen LogP) is 1.73. The molecule has 0 aliphatic carbocycles. The number of hydrogen-bond acceptors (Lipinski definition) is 3. The summed E-state index contributed by atoms with van der Waals surface area (Å²) in [5, 5.41) is 7.79. The molecular weight excluding hydrogens is 202 g/mol. The molecule has 2 atom stereocenters. The summed E-state index contributed by atoms with van der Waals surface area (Å²) in [6.07, 6.45) is 6.43. The Morgan fingerprint density at radius 2 is 2.44 bits per heavy atom. The van der Waals surface area contributed by atoms with Crippen LogP contribution in [0.4, 0.5) is 0 Å². The van der Waals surface area contributed by atoms with Crippen molar-refractivity contribution in [2.45, 2.75) is 45.4 Å². The van der Waals surface area contributed by atoms with E-state index in [0.717, 1.165) is 32.5 Å². The molecule has 2 rings (SSSR count). The highest BCUT2D eigenvalue weighted by Crippen LogP contribution is 2.27. The summed E-state index contributed by atoms with van der Waals surface area (Å²) in [7, 11) is 0. The topological polar surface area (TPSA) is 39.1 Å². The number of rotatable bonds is 4. The summed E-state index contributed by atoms with van der Waals surface area (Å²) < 4.78 is 7.76. The molecule has 1 aromatic heterocycles. The molecule has 2 unspecified atom stereocenters. The average molecular weight is 223 g/mol. The number of nitrogens with one attached hydrogen (secondary N) is 1. The van der Waals surface area contributed by atoms with E-state index in [9.17, 15) is 0 Å². The van der Waals surface area contributed by atoms with Gasteiger partial charge in [0.2, 0.25) is 0 Å². The quantitative estimate of drug-likeness (QED) is 0.845. The number of aromatic nitrogens is 2. The largest absolute Gasteiger partial charge is 0.373 e. The molecule has 1 fully saturated rings. The Hall–Kier alpha value is -0.870. The summed E-state index contributed by atoms with van der Waals surface area (Å²) in [5.74, 6) is 0. The first-order valence-corrected chi connectivity index (χ1v) is 6.20. The molecule has 1 aromatic rings. The standard InChI is InChI=1S/C12H21N3O/c1-3-13-11-5-6-16-12(7-11)10-8-14-15(4-2)9-10/h8-9,11-13H,3-7H2,1-2H3. The lowest BCUT2D eigenvalue weighted by molar-refractivity contribution is 0.000547. The van der Waals surface area contributed by atoms with Crippen LogP contribution in [0.2, 0.25) is 0 Å². The first-order valence-electron chi connectivity index (χ1n) is 6.20. The number of nitrogens with zero attached hydrogens (tertiary/aromatic N) is 2. The Labute approximate surface area is 97.0 Å². The van der Waals surface area contributed by atoms with Crippen LogP contribution in [-0.4, -0.2) is 29.0 Å². The van der Waals surface area contributed by atoms with E-state index in [0.29, 0.717) is 6.04 Å². The van der Waals surface area contributed by atoms with E-state index in [2.05, 4.69) is 30.5 Å². The van der Waals surface area contributed by atoms with Crippen LogP contribution in [0.5, 0.6) is 0 Å². The second kappa shape index (κ2) is 5.46. The molecule has 0 saturated carbocycles. The van der Waals surface area contributed by atoms with Gasteiger partial charge in [-0.25, -0.2) is 0 Å². The second-order valence-corrected chi connectivity index (χ2v) is 4.27. The molecular formula is C12H21N3O. The van der Waals surface area contributed by atoms with Crippen molar-refractivity contribution in [1.29, 1.82) is 0 Å². The van der Waals surface area contributed by atoms with Crippen molar-refractivity contribution in [2.75, 3.05) is 13.2 Å². The van der Waals surface area contributed by atoms with Gasteiger partial charge in [-0.1, -0.05) is 6.92 Å². The van der Waals surface area contributed by atoms with E-state index in [1.807, 2.05) is 10.9 Å². The summed E-state index contributed by atoms with van der Waals surface area (Å²) in [6.45, 7) is 7.05. The minimum atomic E-state index is 0.220. The van der Waals surface area contributed by atoms with Gasteiger partial charge in [-0.3, -0.25) is 4.68 Å². The minimum Gasteiger partial charge on any atom is -0.373 e. The van der Waals surface area contributed by atoms with Crippen molar-refractivity contribution in [3.8, 4) is 0 Å². The third-order valence-corrected chi connectivity index (χ3v) is 3.13.